The van der Waals surface area contributed by atoms with E-state index in [0.29, 0.717) is 22.2 Å². The van der Waals surface area contributed by atoms with Gasteiger partial charge in [0.2, 0.25) is 0 Å². The highest BCUT2D eigenvalue weighted by Gasteiger charge is 2.31. The molecule has 0 aromatic carbocycles. The lowest BCUT2D eigenvalue weighted by atomic mass is 9.86. The number of anilines is 1. The Balaban J connectivity index is 1.73. The Labute approximate surface area is 169 Å². The van der Waals surface area contributed by atoms with Crippen LogP contribution in [0.25, 0.3) is 10.2 Å². The molecule has 3 atom stereocenters. The van der Waals surface area contributed by atoms with Crippen LogP contribution in [0.15, 0.2) is 35.7 Å². The summed E-state index contributed by atoms with van der Waals surface area (Å²) < 4.78 is 0.960. The average Bonchev–Trinajstić information content (AvgIpc) is 3.24. The number of aliphatic hydroxyl groups excluding tert-OH is 1. The quantitative estimate of drug-likeness (QED) is 0.405. The number of thiophene rings is 2. The van der Waals surface area contributed by atoms with Gasteiger partial charge < -0.3 is 16.2 Å². The van der Waals surface area contributed by atoms with Gasteiger partial charge in [0.15, 0.2) is 0 Å². The highest BCUT2D eigenvalue weighted by atomic mass is 35.5. The number of aromatic nitrogens is 1. The van der Waals surface area contributed by atoms with Crippen LogP contribution in [0.2, 0.25) is 10.2 Å². The molecular weight excluding hydrogens is 409 g/mol. The minimum atomic E-state index is -0.664. The van der Waals surface area contributed by atoms with Gasteiger partial charge in [-0.05, 0) is 17.9 Å². The van der Waals surface area contributed by atoms with Crippen molar-refractivity contribution in [2.24, 2.45) is 5.73 Å². The van der Waals surface area contributed by atoms with Crippen LogP contribution in [0.5, 0.6) is 0 Å². The van der Waals surface area contributed by atoms with Crippen LogP contribution in [0.3, 0.4) is 0 Å². The van der Waals surface area contributed by atoms with Crippen molar-refractivity contribution in [1.82, 2.24) is 4.98 Å². The minimum Gasteiger partial charge on any atom is -0.387 e. The smallest absolute Gasteiger partial charge is 0.131 e. The third-order valence-electron chi connectivity index (χ3n) is 4.53. The van der Waals surface area contributed by atoms with Crippen LogP contribution in [0.4, 0.5) is 5.69 Å². The van der Waals surface area contributed by atoms with Crippen molar-refractivity contribution in [2.45, 2.75) is 31.0 Å². The largest absolute Gasteiger partial charge is 0.387 e. The first kappa shape index (κ1) is 18.2. The number of rotatable bonds is 4. The van der Waals surface area contributed by atoms with Crippen LogP contribution in [0.1, 0.15) is 22.1 Å². The molecule has 0 bridgehead atoms. The molecule has 8 heteroatoms. The first-order chi connectivity index (χ1) is 12.5. The maximum Gasteiger partial charge on any atom is 0.131 e. The molecule has 3 aromatic heterocycles. The number of pyridine rings is 1. The van der Waals surface area contributed by atoms with E-state index < -0.39 is 6.10 Å². The van der Waals surface area contributed by atoms with Crippen molar-refractivity contribution in [3.05, 3.63) is 55.7 Å². The summed E-state index contributed by atoms with van der Waals surface area (Å²) in [4.78, 5) is 6.61. The van der Waals surface area contributed by atoms with E-state index >= 15 is 0 Å². The lowest BCUT2D eigenvalue weighted by Crippen LogP contribution is -2.40. The van der Waals surface area contributed by atoms with Gasteiger partial charge in [-0.3, -0.25) is 0 Å². The summed E-state index contributed by atoms with van der Waals surface area (Å²) >= 11 is 16.1. The van der Waals surface area contributed by atoms with Crippen LogP contribution in [-0.2, 0) is 6.54 Å². The maximum atomic E-state index is 10.1. The van der Waals surface area contributed by atoms with Crippen LogP contribution < -0.4 is 11.1 Å². The number of aliphatic hydroxyl groups is 1. The number of fused-ring (bicyclic) bond motifs is 1. The third-order valence-corrected chi connectivity index (χ3v) is 7.44. The molecule has 1 aliphatic carbocycles. The van der Waals surface area contributed by atoms with E-state index in [1.807, 2.05) is 18.2 Å². The lowest BCUT2D eigenvalue weighted by molar-refractivity contribution is 0.170. The molecule has 0 saturated heterocycles. The molecule has 0 unspecified atom stereocenters. The number of hydrogen-bond donors (Lipinski definition) is 3. The van der Waals surface area contributed by atoms with E-state index in [4.69, 9.17) is 28.9 Å². The molecule has 4 N–H and O–H groups in total. The topological polar surface area (TPSA) is 71.2 Å². The zero-order chi connectivity index (χ0) is 18.3. The van der Waals surface area contributed by atoms with Gasteiger partial charge in [-0.15, -0.1) is 22.7 Å². The van der Waals surface area contributed by atoms with Gasteiger partial charge in [0.25, 0.3) is 0 Å². The summed E-state index contributed by atoms with van der Waals surface area (Å²) in [5, 5.41) is 16.5. The lowest BCUT2D eigenvalue weighted by Gasteiger charge is -2.28. The van der Waals surface area contributed by atoms with Crippen molar-refractivity contribution in [1.29, 1.82) is 0 Å². The number of halogens is 2. The molecule has 0 aliphatic heterocycles. The Bertz CT molecular complexity index is 955. The zero-order valence-electron chi connectivity index (χ0n) is 13.7. The fourth-order valence-corrected chi connectivity index (χ4v) is 5.74. The van der Waals surface area contributed by atoms with Crippen LogP contribution in [-0.4, -0.2) is 22.2 Å². The summed E-state index contributed by atoms with van der Waals surface area (Å²) in [6.07, 6.45) is 3.78. The monoisotopic (exact) mass is 425 g/mol. The van der Waals surface area contributed by atoms with Crippen molar-refractivity contribution in [3.63, 3.8) is 0 Å². The molecule has 0 amide bonds. The summed E-state index contributed by atoms with van der Waals surface area (Å²) in [6.45, 7) is 0.711. The van der Waals surface area contributed by atoms with Gasteiger partial charge in [-0.1, -0.05) is 41.4 Å². The first-order valence-electron chi connectivity index (χ1n) is 8.19. The second kappa shape index (κ2) is 7.46. The average molecular weight is 426 g/mol. The zero-order valence-corrected chi connectivity index (χ0v) is 16.8. The van der Waals surface area contributed by atoms with Crippen LogP contribution in [0, 0.1) is 0 Å². The van der Waals surface area contributed by atoms with E-state index in [2.05, 4.69) is 21.7 Å². The van der Waals surface area contributed by atoms with Crippen molar-refractivity contribution >= 4 is 61.8 Å². The van der Waals surface area contributed by atoms with E-state index in [9.17, 15) is 5.11 Å². The number of nitrogens with two attached hydrogens (primary N) is 1. The van der Waals surface area contributed by atoms with Gasteiger partial charge in [-0.2, -0.15) is 0 Å². The number of nitrogens with one attached hydrogen (secondary N) is 1. The molecule has 0 spiro atoms. The fourth-order valence-electron chi connectivity index (χ4n) is 3.16. The number of hydrogen-bond acceptors (Lipinski definition) is 6. The van der Waals surface area contributed by atoms with Gasteiger partial charge in [0.1, 0.15) is 10.7 Å². The summed E-state index contributed by atoms with van der Waals surface area (Å²) in [5.74, 6) is -0.0365. The van der Waals surface area contributed by atoms with E-state index in [0.717, 1.165) is 21.7 Å². The minimum absolute atomic E-state index is 0.0365. The normalized spacial score (nSPS) is 22.8. The molecular formula is C18H17Cl2N3OS2. The van der Waals surface area contributed by atoms with E-state index in [1.54, 1.807) is 28.7 Å². The van der Waals surface area contributed by atoms with Gasteiger partial charge >= 0.3 is 0 Å². The molecule has 3 heterocycles. The number of allylic oxidation sites excluding steroid dienone is 1. The summed E-state index contributed by atoms with van der Waals surface area (Å²) in [5.41, 5.74) is 7.82. The molecule has 4 nitrogen and oxygen atoms in total. The SMILES string of the molecule is N[C@H]1[C@H](O)C=CC[C@@H]1c1sc2c(NCc3cccs3)cc(Cl)nc2c1Cl. The second-order valence-corrected chi connectivity index (χ2v) is 9.07. The van der Waals surface area contributed by atoms with Crippen molar-refractivity contribution in [2.75, 3.05) is 5.32 Å². The Morgan fingerprint density at radius 1 is 1.38 bits per heavy atom. The molecule has 0 radical (unpaired) electrons. The summed E-state index contributed by atoms with van der Waals surface area (Å²) in [7, 11) is 0. The molecule has 136 valence electrons. The Kier molecular flexibility index (Phi) is 5.23. The fraction of sp³-hybridized carbons (Fsp3) is 0.278. The van der Waals surface area contributed by atoms with Crippen molar-refractivity contribution < 1.29 is 5.11 Å². The van der Waals surface area contributed by atoms with Gasteiger partial charge in [0.05, 0.1) is 21.5 Å². The first-order valence-corrected chi connectivity index (χ1v) is 10.6. The van der Waals surface area contributed by atoms with Crippen molar-refractivity contribution in [3.8, 4) is 0 Å². The number of nitrogens with zero attached hydrogens (tertiary/aromatic N) is 1. The second-order valence-electron chi connectivity index (χ2n) is 6.22. The Hall–Kier alpha value is -1.15. The Morgan fingerprint density at radius 3 is 3.00 bits per heavy atom. The van der Waals surface area contributed by atoms with Gasteiger partial charge in [0, 0.05) is 34.3 Å². The van der Waals surface area contributed by atoms with Gasteiger partial charge in [-0.25, -0.2) is 4.98 Å². The molecule has 3 aromatic rings. The molecule has 1 aliphatic rings. The molecule has 0 saturated carbocycles. The highest BCUT2D eigenvalue weighted by molar-refractivity contribution is 7.20. The molecule has 26 heavy (non-hydrogen) atoms. The molecule has 4 rings (SSSR count). The maximum absolute atomic E-state index is 10.1. The summed E-state index contributed by atoms with van der Waals surface area (Å²) in [6, 6.07) is 5.55. The third kappa shape index (κ3) is 3.38. The Morgan fingerprint density at radius 2 is 2.23 bits per heavy atom. The standard InChI is InChI=1S/C18H17Cl2N3OS2/c19-13-7-11(22-8-9-3-2-6-25-9)18-16(23-13)14(20)17(26-18)10-4-1-5-12(24)15(10)21/h1-3,5-7,10,12,15,24H,4,8,21H2,(H,22,23)/t10-,12+,15+/m0/s1. The van der Waals surface area contributed by atoms with E-state index in [-0.39, 0.29) is 12.0 Å². The predicted octanol–water partition coefficient (Wildman–Crippen LogP) is 5.01. The highest BCUT2D eigenvalue weighted by Crippen LogP contribution is 2.45. The predicted molar refractivity (Wildman–Crippen MR) is 112 cm³/mol. The van der Waals surface area contributed by atoms with Crippen LogP contribution >= 0.6 is 45.9 Å². The van der Waals surface area contributed by atoms with E-state index in [1.165, 1.54) is 4.88 Å². The molecule has 0 fully saturated rings.